The van der Waals surface area contributed by atoms with E-state index < -0.39 is 11.4 Å². The molecular weight excluding hydrogens is 624 g/mol. The van der Waals surface area contributed by atoms with Crippen LogP contribution in [0.3, 0.4) is 0 Å². The van der Waals surface area contributed by atoms with Crippen LogP contribution in [0.2, 0.25) is 0 Å². The fraction of sp³-hybridized carbons (Fsp3) is 0.167. The van der Waals surface area contributed by atoms with E-state index in [1.54, 1.807) is 18.3 Å². The van der Waals surface area contributed by atoms with Crippen LogP contribution in [0, 0.1) is 5.82 Å². The molecule has 2 N–H and O–H groups in total. The van der Waals surface area contributed by atoms with Crippen molar-refractivity contribution in [3.8, 4) is 22.4 Å². The fourth-order valence-electron chi connectivity index (χ4n) is 7.32. The second-order valence-corrected chi connectivity index (χ2v) is 12.9. The molecule has 3 aromatic heterocycles. The molecule has 7 aromatic rings. The van der Waals surface area contributed by atoms with Gasteiger partial charge in [0.25, 0.3) is 0 Å². The number of fused-ring (bicyclic) bond motifs is 1. The largest absolute Gasteiger partial charge is 0.335 e. The highest BCUT2D eigenvalue weighted by molar-refractivity contribution is 5.90. The minimum atomic E-state index is -0.729. The Hall–Kier alpha value is -6.02. The molecule has 50 heavy (non-hydrogen) atoms. The summed E-state index contributed by atoms with van der Waals surface area (Å²) in [5.74, 6) is -0.507. The average molecular weight is 661 g/mol. The number of nitrogens with zero attached hydrogens (tertiary/aromatic N) is 4. The van der Waals surface area contributed by atoms with Gasteiger partial charge in [0.1, 0.15) is 17.0 Å². The summed E-state index contributed by atoms with van der Waals surface area (Å²) in [6, 6.07) is 39.9. The van der Waals surface area contributed by atoms with Crippen molar-refractivity contribution in [1.82, 2.24) is 24.5 Å². The van der Waals surface area contributed by atoms with E-state index in [1.165, 1.54) is 12.5 Å². The van der Waals surface area contributed by atoms with Gasteiger partial charge in [-0.1, -0.05) is 116 Å². The molecule has 0 aliphatic heterocycles. The molecule has 0 saturated heterocycles. The molecule has 1 aliphatic rings. The molecule has 2 amide bonds. The van der Waals surface area contributed by atoms with E-state index in [2.05, 4.69) is 94.6 Å². The van der Waals surface area contributed by atoms with Crippen LogP contribution in [0.5, 0.6) is 0 Å². The van der Waals surface area contributed by atoms with Crippen molar-refractivity contribution in [2.24, 2.45) is 0 Å². The summed E-state index contributed by atoms with van der Waals surface area (Å²) in [5, 5.41) is 10.7. The van der Waals surface area contributed by atoms with Gasteiger partial charge in [-0.15, -0.1) is 0 Å². The standard InChI is InChI=1S/C42H37FN6O/c43-37-25-30(21-23-38(37)47-41(50)46-36-19-11-4-12-20-36)39-27-44-40-24-22-31(28-48(39)40)32-26-45-49(29-32)42(33-13-5-1-6-14-33,34-15-7-2-8-16-34)35-17-9-3-10-18-35/h1-3,5-10,13-18,21-29,36H,4,11-12,19-20H2,(H2,46,47,50). The number of carbonyl (C=O) groups excluding carboxylic acids is 1. The third-order valence-electron chi connectivity index (χ3n) is 9.79. The molecule has 1 saturated carbocycles. The lowest BCUT2D eigenvalue weighted by Crippen LogP contribution is -2.39. The van der Waals surface area contributed by atoms with E-state index in [0.29, 0.717) is 5.56 Å². The van der Waals surface area contributed by atoms with Crippen LogP contribution in [0.1, 0.15) is 48.8 Å². The first-order chi connectivity index (χ1) is 24.6. The van der Waals surface area contributed by atoms with Gasteiger partial charge in [0.2, 0.25) is 0 Å². The van der Waals surface area contributed by atoms with Gasteiger partial charge in [0.15, 0.2) is 0 Å². The molecule has 8 rings (SSSR count). The van der Waals surface area contributed by atoms with Gasteiger partial charge >= 0.3 is 6.03 Å². The van der Waals surface area contributed by atoms with Crippen molar-refractivity contribution in [3.05, 3.63) is 169 Å². The minimum absolute atomic E-state index is 0.136. The van der Waals surface area contributed by atoms with Crippen LogP contribution in [0.15, 0.2) is 146 Å². The first kappa shape index (κ1) is 31.3. The lowest BCUT2D eigenvalue weighted by Gasteiger charge is -2.36. The molecule has 4 aromatic carbocycles. The molecule has 248 valence electrons. The van der Waals surface area contributed by atoms with Crippen LogP contribution in [0.25, 0.3) is 28.0 Å². The summed E-state index contributed by atoms with van der Waals surface area (Å²) in [7, 11) is 0. The number of urea groups is 1. The van der Waals surface area contributed by atoms with Crippen molar-refractivity contribution in [3.63, 3.8) is 0 Å². The van der Waals surface area contributed by atoms with Crippen molar-refractivity contribution < 1.29 is 9.18 Å². The number of aromatic nitrogens is 4. The van der Waals surface area contributed by atoms with Gasteiger partial charge in [-0.25, -0.2) is 14.2 Å². The maximum absolute atomic E-state index is 15.4. The van der Waals surface area contributed by atoms with Crippen LogP contribution >= 0.6 is 0 Å². The second-order valence-electron chi connectivity index (χ2n) is 12.9. The Morgan fingerprint density at radius 2 is 1.32 bits per heavy atom. The van der Waals surface area contributed by atoms with E-state index in [4.69, 9.17) is 5.10 Å². The van der Waals surface area contributed by atoms with E-state index in [-0.39, 0.29) is 17.8 Å². The molecule has 1 fully saturated rings. The maximum atomic E-state index is 15.4. The molecule has 0 unspecified atom stereocenters. The Morgan fingerprint density at radius 1 is 0.700 bits per heavy atom. The molecule has 7 nitrogen and oxygen atoms in total. The normalized spacial score (nSPS) is 13.7. The fourth-order valence-corrected chi connectivity index (χ4v) is 7.32. The quantitative estimate of drug-likeness (QED) is 0.160. The maximum Gasteiger partial charge on any atom is 0.319 e. The number of halogens is 1. The van der Waals surface area contributed by atoms with Crippen molar-refractivity contribution in [2.45, 2.75) is 43.7 Å². The summed E-state index contributed by atoms with van der Waals surface area (Å²) >= 11 is 0. The van der Waals surface area contributed by atoms with Gasteiger partial charge in [-0.2, -0.15) is 5.10 Å². The number of hydrogen-bond donors (Lipinski definition) is 2. The Kier molecular flexibility index (Phi) is 8.42. The van der Waals surface area contributed by atoms with Gasteiger partial charge < -0.3 is 10.6 Å². The lowest BCUT2D eigenvalue weighted by molar-refractivity contribution is 0.244. The summed E-state index contributed by atoms with van der Waals surface area (Å²) in [6.07, 6.45) is 13.0. The van der Waals surface area contributed by atoms with Gasteiger partial charge in [-0.3, -0.25) is 9.08 Å². The summed E-state index contributed by atoms with van der Waals surface area (Å²) in [5.41, 5.74) is 6.66. The average Bonchev–Trinajstić information content (AvgIpc) is 3.83. The number of imidazole rings is 1. The van der Waals surface area contributed by atoms with E-state index in [1.807, 2.05) is 51.8 Å². The Labute approximate surface area is 290 Å². The summed E-state index contributed by atoms with van der Waals surface area (Å²) in [4.78, 5) is 17.2. The highest BCUT2D eigenvalue weighted by atomic mass is 19.1. The van der Waals surface area contributed by atoms with Crippen molar-refractivity contribution in [1.29, 1.82) is 0 Å². The third kappa shape index (κ3) is 5.83. The number of benzene rings is 4. The van der Waals surface area contributed by atoms with Crippen LogP contribution in [-0.4, -0.2) is 31.2 Å². The predicted molar refractivity (Wildman–Crippen MR) is 195 cm³/mol. The molecule has 8 heteroatoms. The highest BCUT2D eigenvalue weighted by Gasteiger charge is 2.39. The van der Waals surface area contributed by atoms with Crippen molar-refractivity contribution >= 4 is 17.4 Å². The van der Waals surface area contributed by atoms with Crippen molar-refractivity contribution in [2.75, 3.05) is 5.32 Å². The zero-order valence-electron chi connectivity index (χ0n) is 27.5. The number of pyridine rings is 1. The van der Waals surface area contributed by atoms with E-state index in [0.717, 1.165) is 64.8 Å². The van der Waals surface area contributed by atoms with E-state index >= 15 is 4.39 Å². The molecule has 1 aliphatic carbocycles. The Balaban J connectivity index is 1.14. The molecule has 0 bridgehead atoms. The lowest BCUT2D eigenvalue weighted by atomic mass is 9.77. The molecule has 0 radical (unpaired) electrons. The Morgan fingerprint density at radius 3 is 1.94 bits per heavy atom. The zero-order valence-corrected chi connectivity index (χ0v) is 27.5. The number of nitrogens with one attached hydrogen (secondary N) is 2. The van der Waals surface area contributed by atoms with Gasteiger partial charge in [0.05, 0.1) is 23.8 Å². The monoisotopic (exact) mass is 660 g/mol. The molecule has 0 atom stereocenters. The SMILES string of the molecule is O=C(Nc1ccc(-c2cnc3ccc(-c4cnn(C(c5ccccc5)(c5ccccc5)c5ccccc5)c4)cn23)cc1F)NC1CCCCC1. The molecule has 3 heterocycles. The molecular formula is C42H37FN6O. The predicted octanol–water partition coefficient (Wildman–Crippen LogP) is 9.30. The number of anilines is 1. The van der Waals surface area contributed by atoms with Crippen LogP contribution in [-0.2, 0) is 5.54 Å². The number of amides is 2. The second kappa shape index (κ2) is 13.5. The van der Waals surface area contributed by atoms with Gasteiger partial charge in [0, 0.05) is 35.1 Å². The smallest absolute Gasteiger partial charge is 0.319 e. The topological polar surface area (TPSA) is 76.2 Å². The third-order valence-corrected chi connectivity index (χ3v) is 9.79. The minimum Gasteiger partial charge on any atom is -0.335 e. The molecule has 0 spiro atoms. The number of hydrogen-bond acceptors (Lipinski definition) is 3. The summed E-state index contributed by atoms with van der Waals surface area (Å²) in [6.45, 7) is 0. The van der Waals surface area contributed by atoms with E-state index in [9.17, 15) is 4.79 Å². The van der Waals surface area contributed by atoms with Crippen LogP contribution in [0.4, 0.5) is 14.9 Å². The first-order valence-electron chi connectivity index (χ1n) is 17.2. The van der Waals surface area contributed by atoms with Gasteiger partial charge in [-0.05, 0) is 53.8 Å². The van der Waals surface area contributed by atoms with Crippen LogP contribution < -0.4 is 10.6 Å². The Bertz CT molecular complexity index is 2140. The highest BCUT2D eigenvalue weighted by Crippen LogP contribution is 2.41. The summed E-state index contributed by atoms with van der Waals surface area (Å²) < 4.78 is 19.4. The number of rotatable bonds is 8. The number of carbonyl (C=O) groups is 1. The first-order valence-corrected chi connectivity index (χ1v) is 17.2. The zero-order chi connectivity index (χ0) is 33.9.